The molecule has 2 rings (SSSR count). The van der Waals surface area contributed by atoms with E-state index in [1.165, 1.54) is 6.20 Å². The number of amides is 1. The van der Waals surface area contributed by atoms with Crippen molar-refractivity contribution < 1.29 is 4.79 Å². The quantitative estimate of drug-likeness (QED) is 0.782. The van der Waals surface area contributed by atoms with Gasteiger partial charge in [0.25, 0.3) is 5.91 Å². The summed E-state index contributed by atoms with van der Waals surface area (Å²) in [4.78, 5) is 15.6. The zero-order valence-corrected chi connectivity index (χ0v) is 8.45. The Kier molecular flexibility index (Phi) is 2.16. The number of pyridine rings is 1. The number of nitriles is 1. The molecule has 15 heavy (non-hydrogen) atoms. The molecular formula is C11H11N3O. The second kappa shape index (κ2) is 3.35. The Labute approximate surface area is 87.9 Å². The Hall–Kier alpha value is -1.89. The van der Waals surface area contributed by atoms with Crippen LogP contribution in [0.25, 0.3) is 0 Å². The van der Waals surface area contributed by atoms with Crippen molar-refractivity contribution in [2.45, 2.75) is 25.3 Å². The van der Waals surface area contributed by atoms with Crippen molar-refractivity contribution in [2.75, 3.05) is 0 Å². The summed E-state index contributed by atoms with van der Waals surface area (Å²) in [7, 11) is 0. The first-order chi connectivity index (χ1) is 7.13. The van der Waals surface area contributed by atoms with E-state index in [-0.39, 0.29) is 11.4 Å². The molecule has 1 heterocycles. The maximum Gasteiger partial charge on any atom is 0.270 e. The van der Waals surface area contributed by atoms with E-state index in [1.54, 1.807) is 12.1 Å². The third kappa shape index (κ3) is 2.13. The summed E-state index contributed by atoms with van der Waals surface area (Å²) in [5, 5.41) is 11.5. The molecular weight excluding hydrogens is 190 g/mol. The van der Waals surface area contributed by atoms with Gasteiger partial charge in [0, 0.05) is 11.7 Å². The molecule has 0 unspecified atom stereocenters. The van der Waals surface area contributed by atoms with E-state index >= 15 is 0 Å². The van der Waals surface area contributed by atoms with Crippen LogP contribution in [0.2, 0.25) is 0 Å². The summed E-state index contributed by atoms with van der Waals surface area (Å²) >= 11 is 0. The van der Waals surface area contributed by atoms with E-state index in [0.29, 0.717) is 11.3 Å². The second-order valence-electron chi connectivity index (χ2n) is 4.06. The van der Waals surface area contributed by atoms with Gasteiger partial charge in [-0.05, 0) is 31.9 Å². The Morgan fingerprint density at radius 3 is 2.80 bits per heavy atom. The molecule has 0 saturated heterocycles. The molecule has 0 aliphatic heterocycles. The highest BCUT2D eigenvalue weighted by Crippen LogP contribution is 2.34. The molecule has 0 bridgehead atoms. The minimum Gasteiger partial charge on any atom is -0.346 e. The number of carbonyl (C=O) groups excluding carboxylic acids is 1. The predicted molar refractivity (Wildman–Crippen MR) is 54.1 cm³/mol. The van der Waals surface area contributed by atoms with E-state index in [9.17, 15) is 4.79 Å². The lowest BCUT2D eigenvalue weighted by Gasteiger charge is -2.10. The van der Waals surface area contributed by atoms with Crippen LogP contribution >= 0.6 is 0 Å². The topological polar surface area (TPSA) is 65.8 Å². The Morgan fingerprint density at radius 2 is 2.33 bits per heavy atom. The normalized spacial score (nSPS) is 16.5. The Bertz CT molecular complexity index is 426. The van der Waals surface area contributed by atoms with Gasteiger partial charge in [-0.3, -0.25) is 4.79 Å². The molecule has 0 aromatic carbocycles. The SMILES string of the molecule is CC1(NC(=O)c2ccc(C#N)cn2)CC1. The van der Waals surface area contributed by atoms with Crippen LogP contribution < -0.4 is 5.32 Å². The van der Waals surface area contributed by atoms with Gasteiger partial charge < -0.3 is 5.32 Å². The van der Waals surface area contributed by atoms with Crippen LogP contribution in [0.3, 0.4) is 0 Å². The summed E-state index contributed by atoms with van der Waals surface area (Å²) in [5.74, 6) is -0.167. The Balaban J connectivity index is 2.09. The molecule has 1 aromatic rings. The van der Waals surface area contributed by atoms with Gasteiger partial charge in [-0.1, -0.05) is 0 Å². The Morgan fingerprint density at radius 1 is 1.60 bits per heavy atom. The van der Waals surface area contributed by atoms with Gasteiger partial charge in [0.15, 0.2) is 0 Å². The summed E-state index contributed by atoms with van der Waals surface area (Å²) in [6.07, 6.45) is 3.45. The average molecular weight is 201 g/mol. The van der Waals surface area contributed by atoms with Gasteiger partial charge in [0.1, 0.15) is 11.8 Å². The molecule has 1 saturated carbocycles. The molecule has 76 valence electrons. The molecule has 1 aliphatic carbocycles. The number of hydrogen-bond acceptors (Lipinski definition) is 3. The largest absolute Gasteiger partial charge is 0.346 e. The average Bonchev–Trinajstić information content (AvgIpc) is 2.96. The van der Waals surface area contributed by atoms with Crippen LogP contribution in [0.5, 0.6) is 0 Å². The van der Waals surface area contributed by atoms with Crippen molar-refractivity contribution in [1.82, 2.24) is 10.3 Å². The van der Waals surface area contributed by atoms with Crippen molar-refractivity contribution in [2.24, 2.45) is 0 Å². The monoisotopic (exact) mass is 201 g/mol. The van der Waals surface area contributed by atoms with E-state index < -0.39 is 0 Å². The fourth-order valence-corrected chi connectivity index (χ4v) is 1.24. The highest BCUT2D eigenvalue weighted by atomic mass is 16.2. The molecule has 1 fully saturated rings. The summed E-state index contributed by atoms with van der Waals surface area (Å²) < 4.78 is 0. The summed E-state index contributed by atoms with van der Waals surface area (Å²) in [6.45, 7) is 2.01. The van der Waals surface area contributed by atoms with Crippen LogP contribution in [0, 0.1) is 11.3 Å². The highest BCUT2D eigenvalue weighted by molar-refractivity contribution is 5.93. The van der Waals surface area contributed by atoms with Crippen molar-refractivity contribution in [3.63, 3.8) is 0 Å². The first kappa shape index (κ1) is 9.66. The van der Waals surface area contributed by atoms with Gasteiger partial charge in [-0.25, -0.2) is 4.98 Å². The number of carbonyl (C=O) groups is 1. The van der Waals surface area contributed by atoms with Crippen LogP contribution in [0.15, 0.2) is 18.3 Å². The number of hydrogen-bond donors (Lipinski definition) is 1. The molecule has 1 N–H and O–H groups in total. The lowest BCUT2D eigenvalue weighted by atomic mass is 10.2. The van der Waals surface area contributed by atoms with Crippen molar-refractivity contribution in [3.8, 4) is 6.07 Å². The van der Waals surface area contributed by atoms with E-state index in [1.807, 2.05) is 13.0 Å². The van der Waals surface area contributed by atoms with Gasteiger partial charge >= 0.3 is 0 Å². The maximum atomic E-state index is 11.6. The lowest BCUT2D eigenvalue weighted by molar-refractivity contribution is 0.0930. The van der Waals surface area contributed by atoms with E-state index in [2.05, 4.69) is 10.3 Å². The highest BCUT2D eigenvalue weighted by Gasteiger charge is 2.38. The fraction of sp³-hybridized carbons (Fsp3) is 0.364. The number of aromatic nitrogens is 1. The van der Waals surface area contributed by atoms with Crippen LogP contribution in [-0.4, -0.2) is 16.4 Å². The summed E-state index contributed by atoms with van der Waals surface area (Å²) in [5.41, 5.74) is 0.790. The zero-order chi connectivity index (χ0) is 10.9. The van der Waals surface area contributed by atoms with Gasteiger partial charge in [-0.15, -0.1) is 0 Å². The standard InChI is InChI=1S/C11H11N3O/c1-11(4-5-11)14-10(15)9-3-2-8(6-12)7-13-9/h2-3,7H,4-5H2,1H3,(H,14,15). The van der Waals surface area contributed by atoms with Crippen molar-refractivity contribution in [1.29, 1.82) is 5.26 Å². The van der Waals surface area contributed by atoms with Crippen LogP contribution in [0.4, 0.5) is 0 Å². The molecule has 0 atom stereocenters. The predicted octanol–water partition coefficient (Wildman–Crippen LogP) is 1.24. The molecule has 0 spiro atoms. The maximum absolute atomic E-state index is 11.6. The second-order valence-corrected chi connectivity index (χ2v) is 4.06. The molecule has 1 aliphatic rings. The molecule has 0 radical (unpaired) electrons. The van der Waals surface area contributed by atoms with Gasteiger partial charge in [0.2, 0.25) is 0 Å². The van der Waals surface area contributed by atoms with Gasteiger partial charge in [0.05, 0.1) is 5.56 Å². The molecule has 1 amide bonds. The van der Waals surface area contributed by atoms with Crippen LogP contribution in [-0.2, 0) is 0 Å². The smallest absolute Gasteiger partial charge is 0.270 e. The van der Waals surface area contributed by atoms with Gasteiger partial charge in [-0.2, -0.15) is 5.26 Å². The van der Waals surface area contributed by atoms with Crippen molar-refractivity contribution >= 4 is 5.91 Å². The minimum absolute atomic E-state index is 0.0351. The summed E-state index contributed by atoms with van der Waals surface area (Å²) in [6, 6.07) is 5.12. The minimum atomic E-state index is -0.167. The van der Waals surface area contributed by atoms with Crippen LogP contribution in [0.1, 0.15) is 35.8 Å². The van der Waals surface area contributed by atoms with E-state index in [4.69, 9.17) is 5.26 Å². The molecule has 1 aromatic heterocycles. The zero-order valence-electron chi connectivity index (χ0n) is 8.45. The van der Waals surface area contributed by atoms with E-state index in [0.717, 1.165) is 12.8 Å². The molecule has 4 nitrogen and oxygen atoms in total. The number of nitrogens with zero attached hydrogens (tertiary/aromatic N) is 2. The third-order valence-corrected chi connectivity index (χ3v) is 2.54. The third-order valence-electron chi connectivity index (χ3n) is 2.54. The first-order valence-electron chi connectivity index (χ1n) is 4.82. The molecule has 4 heteroatoms. The number of rotatable bonds is 2. The lowest BCUT2D eigenvalue weighted by Crippen LogP contribution is -2.34. The first-order valence-corrected chi connectivity index (χ1v) is 4.82. The fourth-order valence-electron chi connectivity index (χ4n) is 1.24. The number of nitrogens with one attached hydrogen (secondary N) is 1. The van der Waals surface area contributed by atoms with Crippen molar-refractivity contribution in [3.05, 3.63) is 29.6 Å².